The number of hydrogen-bond donors (Lipinski definition) is 0. The van der Waals surface area contributed by atoms with Crippen LogP contribution in [0.15, 0.2) is 12.3 Å². The first-order valence-electron chi connectivity index (χ1n) is 5.37. The van der Waals surface area contributed by atoms with Crippen molar-refractivity contribution < 1.29 is 12.6 Å². The van der Waals surface area contributed by atoms with E-state index < -0.39 is 10.1 Å². The summed E-state index contributed by atoms with van der Waals surface area (Å²) in [7, 11) is -3.44. The van der Waals surface area contributed by atoms with Crippen LogP contribution in [0, 0.1) is 0 Å². The fraction of sp³-hybridized carbons (Fsp3) is 0.545. The first-order valence-corrected chi connectivity index (χ1v) is 7.33. The van der Waals surface area contributed by atoms with E-state index in [1.807, 2.05) is 13.8 Å². The van der Waals surface area contributed by atoms with Crippen LogP contribution in [0.3, 0.4) is 0 Å². The molecule has 0 atom stereocenters. The van der Waals surface area contributed by atoms with E-state index in [2.05, 4.69) is 4.98 Å². The van der Waals surface area contributed by atoms with Gasteiger partial charge in [0, 0.05) is 6.20 Å². The van der Waals surface area contributed by atoms with Gasteiger partial charge in [-0.3, -0.25) is 4.18 Å². The van der Waals surface area contributed by atoms with Gasteiger partial charge in [0.05, 0.1) is 12.4 Å². The highest BCUT2D eigenvalue weighted by Crippen LogP contribution is 2.26. The Hall–Kier alpha value is -0.650. The van der Waals surface area contributed by atoms with Gasteiger partial charge in [-0.25, -0.2) is 4.98 Å². The van der Waals surface area contributed by atoms with Crippen molar-refractivity contribution >= 4 is 21.7 Å². The Bertz CT molecular complexity index is 485. The van der Waals surface area contributed by atoms with Crippen LogP contribution < -0.4 is 0 Å². The van der Waals surface area contributed by atoms with Gasteiger partial charge in [0.15, 0.2) is 0 Å². The SMILES string of the molecule is CCS(=O)(=O)OCc1ccnc(Cl)c1C(C)C. The molecule has 0 aliphatic rings. The van der Waals surface area contributed by atoms with Crippen LogP contribution in [0.2, 0.25) is 5.15 Å². The minimum Gasteiger partial charge on any atom is -0.265 e. The van der Waals surface area contributed by atoms with Crippen molar-refractivity contribution in [2.24, 2.45) is 0 Å². The summed E-state index contributed by atoms with van der Waals surface area (Å²) in [6.45, 7) is 5.49. The zero-order valence-corrected chi connectivity index (χ0v) is 11.7. The van der Waals surface area contributed by atoms with Crippen molar-refractivity contribution in [3.63, 3.8) is 0 Å². The van der Waals surface area contributed by atoms with Crippen LogP contribution in [0.1, 0.15) is 37.8 Å². The first-order chi connectivity index (χ1) is 7.87. The summed E-state index contributed by atoms with van der Waals surface area (Å²) in [5, 5.41) is 0.398. The number of rotatable bonds is 5. The smallest absolute Gasteiger partial charge is 0.265 e. The van der Waals surface area contributed by atoms with Crippen LogP contribution in [0.25, 0.3) is 0 Å². The topological polar surface area (TPSA) is 56.3 Å². The fourth-order valence-corrected chi connectivity index (χ4v) is 2.33. The molecule has 4 nitrogen and oxygen atoms in total. The Labute approximate surface area is 107 Å². The van der Waals surface area contributed by atoms with Gasteiger partial charge in [-0.2, -0.15) is 8.42 Å². The Kier molecular flexibility index (Phi) is 4.91. The maximum absolute atomic E-state index is 11.3. The van der Waals surface area contributed by atoms with Gasteiger partial charge in [-0.05, 0) is 30.0 Å². The number of nitrogens with zero attached hydrogens (tertiary/aromatic N) is 1. The van der Waals surface area contributed by atoms with Gasteiger partial charge in [-0.15, -0.1) is 0 Å². The molecule has 1 heterocycles. The second-order valence-electron chi connectivity index (χ2n) is 3.94. The molecule has 17 heavy (non-hydrogen) atoms. The lowest BCUT2D eigenvalue weighted by Crippen LogP contribution is -2.10. The monoisotopic (exact) mass is 277 g/mol. The normalized spacial score (nSPS) is 12.1. The predicted octanol–water partition coefficient (Wildman–Crippen LogP) is 2.72. The summed E-state index contributed by atoms with van der Waals surface area (Å²) in [6.07, 6.45) is 1.55. The molecule has 0 radical (unpaired) electrons. The molecule has 0 N–H and O–H groups in total. The van der Waals surface area contributed by atoms with Crippen LogP contribution >= 0.6 is 11.6 Å². The third-order valence-electron chi connectivity index (χ3n) is 2.36. The average molecular weight is 278 g/mol. The van der Waals surface area contributed by atoms with Crippen molar-refractivity contribution in [2.45, 2.75) is 33.3 Å². The summed E-state index contributed by atoms with van der Waals surface area (Å²) in [5.41, 5.74) is 1.59. The standard InChI is InChI=1S/C11H16ClNO3S/c1-4-17(14,15)16-7-9-5-6-13-11(12)10(9)8(2)3/h5-6,8H,4,7H2,1-3H3. The zero-order chi connectivity index (χ0) is 13.1. The molecule has 0 aliphatic heterocycles. The molecule has 0 spiro atoms. The van der Waals surface area contributed by atoms with Crippen molar-refractivity contribution in [1.29, 1.82) is 0 Å². The van der Waals surface area contributed by atoms with Crippen molar-refractivity contribution in [3.8, 4) is 0 Å². The molecule has 0 saturated carbocycles. The average Bonchev–Trinajstić information content (AvgIpc) is 2.26. The number of pyridine rings is 1. The maximum Gasteiger partial charge on any atom is 0.267 e. The van der Waals surface area contributed by atoms with Gasteiger partial charge >= 0.3 is 0 Å². The fourth-order valence-electron chi connectivity index (χ4n) is 1.46. The largest absolute Gasteiger partial charge is 0.267 e. The molecule has 1 rings (SSSR count). The Morgan fingerprint density at radius 3 is 2.65 bits per heavy atom. The third kappa shape index (κ3) is 3.94. The highest BCUT2D eigenvalue weighted by Gasteiger charge is 2.14. The first kappa shape index (κ1) is 14.4. The molecule has 6 heteroatoms. The molecular weight excluding hydrogens is 262 g/mol. The highest BCUT2D eigenvalue weighted by atomic mass is 35.5. The van der Waals surface area contributed by atoms with Gasteiger partial charge in [0.1, 0.15) is 5.15 Å². The number of halogens is 1. The quantitative estimate of drug-likeness (QED) is 0.613. The van der Waals surface area contributed by atoms with Crippen LogP contribution in [-0.4, -0.2) is 19.2 Å². The van der Waals surface area contributed by atoms with Gasteiger partial charge in [-0.1, -0.05) is 25.4 Å². The van der Waals surface area contributed by atoms with Crippen molar-refractivity contribution in [2.75, 3.05) is 5.75 Å². The zero-order valence-electron chi connectivity index (χ0n) is 10.1. The predicted molar refractivity (Wildman–Crippen MR) is 67.6 cm³/mol. The van der Waals surface area contributed by atoms with E-state index in [1.165, 1.54) is 6.92 Å². The van der Waals surface area contributed by atoms with E-state index in [-0.39, 0.29) is 18.3 Å². The second kappa shape index (κ2) is 5.80. The molecule has 0 saturated heterocycles. The summed E-state index contributed by atoms with van der Waals surface area (Å²) in [4.78, 5) is 3.99. The Morgan fingerprint density at radius 2 is 2.12 bits per heavy atom. The van der Waals surface area contributed by atoms with E-state index in [0.717, 1.165) is 11.1 Å². The summed E-state index contributed by atoms with van der Waals surface area (Å²) >= 11 is 5.99. The van der Waals surface area contributed by atoms with E-state index in [9.17, 15) is 8.42 Å². The molecule has 0 bridgehead atoms. The Balaban J connectivity index is 2.96. The van der Waals surface area contributed by atoms with E-state index in [1.54, 1.807) is 12.3 Å². The number of hydrogen-bond acceptors (Lipinski definition) is 4. The summed E-state index contributed by atoms with van der Waals surface area (Å²) < 4.78 is 27.4. The molecule has 0 aliphatic carbocycles. The summed E-state index contributed by atoms with van der Waals surface area (Å²) in [6, 6.07) is 1.73. The van der Waals surface area contributed by atoms with Gasteiger partial charge in [0.25, 0.3) is 10.1 Å². The molecule has 0 unspecified atom stereocenters. The van der Waals surface area contributed by atoms with Crippen molar-refractivity contribution in [3.05, 3.63) is 28.5 Å². The minimum atomic E-state index is -3.44. The lowest BCUT2D eigenvalue weighted by atomic mass is 10.0. The summed E-state index contributed by atoms with van der Waals surface area (Å²) in [5.74, 6) is 0.127. The maximum atomic E-state index is 11.3. The molecule has 0 amide bonds. The van der Waals surface area contributed by atoms with E-state index >= 15 is 0 Å². The van der Waals surface area contributed by atoms with E-state index in [4.69, 9.17) is 15.8 Å². The van der Waals surface area contributed by atoms with Crippen LogP contribution in [0.4, 0.5) is 0 Å². The number of aromatic nitrogens is 1. The van der Waals surface area contributed by atoms with Gasteiger partial charge in [0.2, 0.25) is 0 Å². The molecule has 0 aromatic carbocycles. The molecule has 1 aromatic rings. The van der Waals surface area contributed by atoms with Crippen LogP contribution in [-0.2, 0) is 20.9 Å². The Morgan fingerprint density at radius 1 is 1.47 bits per heavy atom. The molecule has 0 fully saturated rings. The van der Waals surface area contributed by atoms with Crippen LogP contribution in [0.5, 0.6) is 0 Å². The minimum absolute atomic E-state index is 0.00588. The lowest BCUT2D eigenvalue weighted by Gasteiger charge is -2.13. The molecular formula is C11H16ClNO3S. The van der Waals surface area contributed by atoms with Gasteiger partial charge < -0.3 is 0 Å². The molecule has 96 valence electrons. The molecule has 1 aromatic heterocycles. The highest BCUT2D eigenvalue weighted by molar-refractivity contribution is 7.86. The lowest BCUT2D eigenvalue weighted by molar-refractivity contribution is 0.307. The second-order valence-corrected chi connectivity index (χ2v) is 6.22. The third-order valence-corrected chi connectivity index (χ3v) is 3.84. The van der Waals surface area contributed by atoms with E-state index in [0.29, 0.717) is 5.15 Å². The van der Waals surface area contributed by atoms with Crippen molar-refractivity contribution in [1.82, 2.24) is 4.98 Å².